The van der Waals surface area contributed by atoms with Crippen molar-refractivity contribution in [3.05, 3.63) is 52.6 Å². The number of fused-ring (bicyclic) bond motifs is 1. The maximum Gasteiger partial charge on any atom is 0.258 e. The maximum absolute atomic E-state index is 6.28. The number of nitrogens with zero attached hydrogens (tertiary/aromatic N) is 2. The maximum atomic E-state index is 6.28. The van der Waals surface area contributed by atoms with Crippen molar-refractivity contribution in [2.45, 2.75) is 20.0 Å². The highest BCUT2D eigenvalue weighted by Crippen LogP contribution is 2.32. The average Bonchev–Trinajstić information content (AvgIpc) is 3.24. The summed E-state index contributed by atoms with van der Waals surface area (Å²) in [7, 11) is 0. The Morgan fingerprint density at radius 1 is 1.04 bits per heavy atom. The zero-order valence-electron chi connectivity index (χ0n) is 14.1. The molecule has 0 fully saturated rings. The Hall–Kier alpha value is -2.50. The molecule has 5 nitrogen and oxygen atoms in total. The number of aromatic amines is 1. The Labute approximate surface area is 159 Å². The first-order chi connectivity index (χ1) is 12.5. The van der Waals surface area contributed by atoms with E-state index in [0.717, 1.165) is 22.0 Å². The van der Waals surface area contributed by atoms with E-state index in [0.29, 0.717) is 27.5 Å². The monoisotopic (exact) mass is 387 g/mol. The van der Waals surface area contributed by atoms with Crippen LogP contribution in [0.3, 0.4) is 0 Å². The molecule has 132 valence electrons. The number of hydrogen-bond acceptors (Lipinski definition) is 4. The van der Waals surface area contributed by atoms with Gasteiger partial charge in [-0.05, 0) is 50.2 Å². The van der Waals surface area contributed by atoms with Crippen LogP contribution < -0.4 is 4.74 Å². The Morgan fingerprint density at radius 3 is 2.62 bits per heavy atom. The second-order valence-electron chi connectivity index (χ2n) is 6.13. The Morgan fingerprint density at radius 2 is 1.85 bits per heavy atom. The van der Waals surface area contributed by atoms with Gasteiger partial charge in [-0.25, -0.2) is 0 Å². The largest absolute Gasteiger partial charge is 0.489 e. The molecular formula is C19H15Cl2N3O2. The van der Waals surface area contributed by atoms with E-state index in [-0.39, 0.29) is 6.10 Å². The topological polar surface area (TPSA) is 63.9 Å². The minimum Gasteiger partial charge on any atom is -0.489 e. The Bertz CT molecular complexity index is 1090. The molecule has 4 rings (SSSR count). The van der Waals surface area contributed by atoms with Gasteiger partial charge in [-0.2, -0.15) is 4.98 Å². The summed E-state index contributed by atoms with van der Waals surface area (Å²) in [6, 6.07) is 11.2. The SMILES string of the molecule is CC(C)Oc1ccc(-c2nc(-c3ccc4[nH]cc(Cl)c4c3)no2)cc1Cl. The predicted octanol–water partition coefficient (Wildman–Crippen LogP) is 5.98. The lowest BCUT2D eigenvalue weighted by molar-refractivity contribution is 0.242. The average molecular weight is 388 g/mol. The molecule has 0 radical (unpaired) electrons. The number of halogens is 2. The first-order valence-corrected chi connectivity index (χ1v) is 8.84. The third-order valence-corrected chi connectivity index (χ3v) is 4.47. The van der Waals surface area contributed by atoms with E-state index in [4.69, 9.17) is 32.5 Å². The van der Waals surface area contributed by atoms with Crippen LogP contribution in [0.4, 0.5) is 0 Å². The number of nitrogens with one attached hydrogen (secondary N) is 1. The molecule has 0 atom stereocenters. The summed E-state index contributed by atoms with van der Waals surface area (Å²) in [5, 5.41) is 6.13. The molecule has 4 aromatic rings. The van der Waals surface area contributed by atoms with Crippen molar-refractivity contribution in [3.63, 3.8) is 0 Å². The van der Waals surface area contributed by atoms with Gasteiger partial charge in [-0.1, -0.05) is 28.4 Å². The summed E-state index contributed by atoms with van der Waals surface area (Å²) in [6.07, 6.45) is 1.80. The molecule has 0 aliphatic carbocycles. The first kappa shape index (κ1) is 16.9. The van der Waals surface area contributed by atoms with Crippen LogP contribution in [0.2, 0.25) is 10.0 Å². The van der Waals surface area contributed by atoms with Gasteiger partial charge >= 0.3 is 0 Å². The van der Waals surface area contributed by atoms with Crippen LogP contribution in [-0.4, -0.2) is 21.2 Å². The lowest BCUT2D eigenvalue weighted by Gasteiger charge is -2.11. The molecule has 7 heteroatoms. The van der Waals surface area contributed by atoms with Crippen molar-refractivity contribution < 1.29 is 9.26 Å². The fraction of sp³-hybridized carbons (Fsp3) is 0.158. The van der Waals surface area contributed by atoms with E-state index in [2.05, 4.69) is 15.1 Å². The van der Waals surface area contributed by atoms with Crippen LogP contribution in [0.5, 0.6) is 5.75 Å². The Balaban J connectivity index is 1.67. The van der Waals surface area contributed by atoms with E-state index < -0.39 is 0 Å². The minimum absolute atomic E-state index is 0.0449. The van der Waals surface area contributed by atoms with Gasteiger partial charge in [0.25, 0.3) is 5.89 Å². The van der Waals surface area contributed by atoms with Gasteiger partial charge in [0.15, 0.2) is 0 Å². The second kappa shape index (κ2) is 6.67. The zero-order valence-corrected chi connectivity index (χ0v) is 15.6. The van der Waals surface area contributed by atoms with Gasteiger partial charge in [0.1, 0.15) is 5.75 Å². The molecule has 0 aliphatic heterocycles. The van der Waals surface area contributed by atoms with E-state index in [1.165, 1.54) is 0 Å². The van der Waals surface area contributed by atoms with E-state index in [1.807, 2.05) is 38.1 Å². The highest BCUT2D eigenvalue weighted by Gasteiger charge is 2.14. The van der Waals surface area contributed by atoms with Gasteiger partial charge in [-0.15, -0.1) is 0 Å². The van der Waals surface area contributed by atoms with Crippen molar-refractivity contribution in [1.29, 1.82) is 0 Å². The van der Waals surface area contributed by atoms with Crippen molar-refractivity contribution in [1.82, 2.24) is 15.1 Å². The van der Waals surface area contributed by atoms with Crippen molar-refractivity contribution >= 4 is 34.1 Å². The molecule has 26 heavy (non-hydrogen) atoms. The van der Waals surface area contributed by atoms with Crippen LogP contribution in [0.15, 0.2) is 47.1 Å². The molecule has 0 saturated carbocycles. The summed E-state index contributed by atoms with van der Waals surface area (Å²) >= 11 is 12.5. The Kier molecular flexibility index (Phi) is 4.34. The van der Waals surface area contributed by atoms with E-state index in [1.54, 1.807) is 18.3 Å². The van der Waals surface area contributed by atoms with Gasteiger partial charge < -0.3 is 14.2 Å². The van der Waals surface area contributed by atoms with Crippen LogP contribution in [0.1, 0.15) is 13.8 Å². The number of hydrogen-bond donors (Lipinski definition) is 1. The molecule has 0 aliphatic rings. The molecule has 0 saturated heterocycles. The van der Waals surface area contributed by atoms with Gasteiger partial charge in [0.2, 0.25) is 5.82 Å². The number of rotatable bonds is 4. The van der Waals surface area contributed by atoms with Crippen LogP contribution in [0, 0.1) is 0 Å². The third-order valence-electron chi connectivity index (χ3n) is 3.86. The smallest absolute Gasteiger partial charge is 0.258 e. The minimum atomic E-state index is 0.0449. The summed E-state index contributed by atoms with van der Waals surface area (Å²) in [5.41, 5.74) is 2.50. The normalized spacial score (nSPS) is 11.4. The van der Waals surface area contributed by atoms with Crippen LogP contribution in [0.25, 0.3) is 33.7 Å². The predicted molar refractivity (Wildman–Crippen MR) is 103 cm³/mol. The third kappa shape index (κ3) is 3.16. The lowest BCUT2D eigenvalue weighted by atomic mass is 10.1. The fourth-order valence-corrected chi connectivity index (χ4v) is 3.10. The summed E-state index contributed by atoms with van der Waals surface area (Å²) in [6.45, 7) is 3.89. The van der Waals surface area contributed by atoms with Gasteiger partial charge in [0.05, 0.1) is 16.1 Å². The van der Waals surface area contributed by atoms with Crippen molar-refractivity contribution in [3.8, 4) is 28.6 Å². The summed E-state index contributed by atoms with van der Waals surface area (Å²) in [5.74, 6) is 1.49. The van der Waals surface area contributed by atoms with Crippen molar-refractivity contribution in [2.75, 3.05) is 0 Å². The van der Waals surface area contributed by atoms with Crippen molar-refractivity contribution in [2.24, 2.45) is 0 Å². The van der Waals surface area contributed by atoms with Gasteiger partial charge in [-0.3, -0.25) is 0 Å². The number of H-pyrrole nitrogens is 1. The fourth-order valence-electron chi connectivity index (χ4n) is 2.67. The first-order valence-electron chi connectivity index (χ1n) is 8.08. The van der Waals surface area contributed by atoms with Gasteiger partial charge in [0, 0.05) is 28.2 Å². The van der Waals surface area contributed by atoms with Crippen LogP contribution in [-0.2, 0) is 0 Å². The number of ether oxygens (including phenoxy) is 1. The summed E-state index contributed by atoms with van der Waals surface area (Å²) < 4.78 is 11.0. The lowest BCUT2D eigenvalue weighted by Crippen LogP contribution is -2.05. The molecule has 2 heterocycles. The molecule has 0 amide bonds. The molecule has 0 spiro atoms. The quantitative estimate of drug-likeness (QED) is 0.467. The molecule has 2 aromatic heterocycles. The second-order valence-corrected chi connectivity index (χ2v) is 6.95. The van der Waals surface area contributed by atoms with Crippen LogP contribution >= 0.6 is 23.2 Å². The molecular weight excluding hydrogens is 373 g/mol. The molecule has 2 aromatic carbocycles. The molecule has 1 N–H and O–H groups in total. The molecule has 0 unspecified atom stereocenters. The highest BCUT2D eigenvalue weighted by atomic mass is 35.5. The zero-order chi connectivity index (χ0) is 18.3. The number of aromatic nitrogens is 3. The highest BCUT2D eigenvalue weighted by molar-refractivity contribution is 6.35. The summed E-state index contributed by atoms with van der Waals surface area (Å²) in [4.78, 5) is 7.57. The van der Waals surface area contributed by atoms with E-state index in [9.17, 15) is 0 Å². The van der Waals surface area contributed by atoms with E-state index >= 15 is 0 Å². The molecule has 0 bridgehead atoms. The number of benzene rings is 2. The standard InChI is InChI=1S/C19H15Cl2N3O2/c1-10(2)25-17-6-4-12(8-14(17)20)19-23-18(24-26-19)11-3-5-16-13(7-11)15(21)9-22-16/h3-10,22H,1-2H3.